The number of aliphatic hydroxyl groups excluding tert-OH is 1. The molecule has 1 N–H and O–H groups in total. The Hall–Kier alpha value is -2.14. The SMILES string of the molecule is CCCCC[C@H](O)CC(=O)/C=C/c1ccc(OC(C)=O)c(OC)c1. The molecule has 0 unspecified atom stereocenters. The highest BCUT2D eigenvalue weighted by Gasteiger charge is 2.09. The molecule has 0 saturated heterocycles. The second kappa shape index (κ2) is 10.6. The van der Waals surface area contributed by atoms with Gasteiger partial charge in [0.1, 0.15) is 0 Å². The molecule has 1 aromatic carbocycles. The van der Waals surface area contributed by atoms with Crippen molar-refractivity contribution in [1.82, 2.24) is 0 Å². The van der Waals surface area contributed by atoms with E-state index >= 15 is 0 Å². The van der Waals surface area contributed by atoms with E-state index in [1.165, 1.54) is 20.1 Å². The van der Waals surface area contributed by atoms with Crippen LogP contribution in [0.1, 0.15) is 51.5 Å². The van der Waals surface area contributed by atoms with Crippen molar-refractivity contribution in [1.29, 1.82) is 0 Å². The van der Waals surface area contributed by atoms with E-state index in [-0.39, 0.29) is 12.2 Å². The number of carbonyl (C=O) groups excluding carboxylic acids is 2. The van der Waals surface area contributed by atoms with E-state index < -0.39 is 12.1 Å². The monoisotopic (exact) mass is 334 g/mol. The van der Waals surface area contributed by atoms with Crippen LogP contribution >= 0.6 is 0 Å². The van der Waals surface area contributed by atoms with Crippen molar-refractivity contribution < 1.29 is 24.2 Å². The smallest absolute Gasteiger partial charge is 0.308 e. The molecule has 0 bridgehead atoms. The van der Waals surface area contributed by atoms with E-state index in [9.17, 15) is 14.7 Å². The Kier molecular flexibility index (Phi) is 8.79. The zero-order chi connectivity index (χ0) is 17.9. The average Bonchev–Trinajstić information content (AvgIpc) is 2.53. The molecule has 5 nitrogen and oxygen atoms in total. The molecule has 0 aliphatic carbocycles. The van der Waals surface area contributed by atoms with Crippen LogP contribution in [0, 0.1) is 0 Å². The van der Waals surface area contributed by atoms with Crippen molar-refractivity contribution in [2.24, 2.45) is 0 Å². The van der Waals surface area contributed by atoms with Crippen LogP contribution in [0.25, 0.3) is 6.08 Å². The van der Waals surface area contributed by atoms with Crippen molar-refractivity contribution in [2.75, 3.05) is 7.11 Å². The molecular weight excluding hydrogens is 308 g/mol. The van der Waals surface area contributed by atoms with Crippen LogP contribution in [0.5, 0.6) is 11.5 Å². The number of hydrogen-bond donors (Lipinski definition) is 1. The Morgan fingerprint density at radius 1 is 1.25 bits per heavy atom. The molecule has 1 rings (SSSR count). The quantitative estimate of drug-likeness (QED) is 0.307. The van der Waals surface area contributed by atoms with Crippen LogP contribution in [-0.2, 0) is 9.59 Å². The summed E-state index contributed by atoms with van der Waals surface area (Å²) in [4.78, 5) is 22.9. The lowest BCUT2D eigenvalue weighted by atomic mass is 10.0. The number of ether oxygens (including phenoxy) is 2. The molecule has 0 spiro atoms. The number of esters is 1. The molecule has 0 saturated carbocycles. The summed E-state index contributed by atoms with van der Waals surface area (Å²) >= 11 is 0. The summed E-state index contributed by atoms with van der Waals surface area (Å²) in [5.41, 5.74) is 0.747. The van der Waals surface area contributed by atoms with Gasteiger partial charge >= 0.3 is 5.97 Å². The molecule has 24 heavy (non-hydrogen) atoms. The van der Waals surface area contributed by atoms with Crippen LogP contribution in [0.4, 0.5) is 0 Å². The molecule has 0 heterocycles. The Labute approximate surface area is 143 Å². The first-order valence-corrected chi connectivity index (χ1v) is 8.21. The number of unbranched alkanes of at least 4 members (excludes halogenated alkanes) is 2. The molecule has 5 heteroatoms. The molecule has 0 aromatic heterocycles. The van der Waals surface area contributed by atoms with E-state index in [2.05, 4.69) is 6.92 Å². The van der Waals surface area contributed by atoms with Gasteiger partial charge in [-0.05, 0) is 30.2 Å². The van der Waals surface area contributed by atoms with E-state index in [4.69, 9.17) is 9.47 Å². The van der Waals surface area contributed by atoms with Crippen LogP contribution in [-0.4, -0.2) is 30.1 Å². The molecule has 0 amide bonds. The maximum Gasteiger partial charge on any atom is 0.308 e. The van der Waals surface area contributed by atoms with Gasteiger partial charge in [-0.2, -0.15) is 0 Å². The highest BCUT2D eigenvalue weighted by molar-refractivity contribution is 5.93. The first-order chi connectivity index (χ1) is 11.5. The molecule has 0 radical (unpaired) electrons. The lowest BCUT2D eigenvalue weighted by Gasteiger charge is -2.09. The Balaban J connectivity index is 2.62. The number of methoxy groups -OCH3 is 1. The van der Waals surface area contributed by atoms with Crippen LogP contribution in [0.15, 0.2) is 24.3 Å². The van der Waals surface area contributed by atoms with Gasteiger partial charge < -0.3 is 14.6 Å². The number of aliphatic hydroxyl groups is 1. The van der Waals surface area contributed by atoms with Crippen molar-refractivity contribution >= 4 is 17.8 Å². The minimum atomic E-state index is -0.588. The topological polar surface area (TPSA) is 72.8 Å². The maximum absolute atomic E-state index is 11.9. The summed E-state index contributed by atoms with van der Waals surface area (Å²) in [6.45, 7) is 3.42. The van der Waals surface area contributed by atoms with Crippen molar-refractivity contribution in [2.45, 2.75) is 52.1 Å². The number of rotatable bonds is 10. The minimum Gasteiger partial charge on any atom is -0.493 e. The number of carbonyl (C=O) groups is 2. The minimum absolute atomic E-state index is 0.123. The number of ketones is 1. The maximum atomic E-state index is 11.9. The number of hydrogen-bond acceptors (Lipinski definition) is 5. The summed E-state index contributed by atoms with van der Waals surface area (Å²) in [5.74, 6) is 0.199. The summed E-state index contributed by atoms with van der Waals surface area (Å²) < 4.78 is 10.2. The zero-order valence-corrected chi connectivity index (χ0v) is 14.6. The summed E-state index contributed by atoms with van der Waals surface area (Å²) in [6, 6.07) is 5.02. The van der Waals surface area contributed by atoms with E-state index in [1.807, 2.05) is 0 Å². The van der Waals surface area contributed by atoms with Gasteiger partial charge in [0.05, 0.1) is 13.2 Å². The third kappa shape index (κ3) is 7.42. The Morgan fingerprint density at radius 2 is 2.00 bits per heavy atom. The predicted molar refractivity (Wildman–Crippen MR) is 93.1 cm³/mol. The molecule has 0 fully saturated rings. The molecule has 132 valence electrons. The lowest BCUT2D eigenvalue weighted by molar-refractivity contribution is -0.132. The molecular formula is C19H26O5. The van der Waals surface area contributed by atoms with Gasteiger partial charge in [0.2, 0.25) is 0 Å². The molecule has 1 atom stereocenters. The first-order valence-electron chi connectivity index (χ1n) is 8.21. The third-order valence-corrected chi connectivity index (χ3v) is 3.48. The van der Waals surface area contributed by atoms with Gasteiger partial charge in [-0.1, -0.05) is 38.3 Å². The van der Waals surface area contributed by atoms with Crippen LogP contribution < -0.4 is 9.47 Å². The lowest BCUT2D eigenvalue weighted by Crippen LogP contribution is -2.11. The van der Waals surface area contributed by atoms with Crippen LogP contribution in [0.2, 0.25) is 0 Å². The van der Waals surface area contributed by atoms with Gasteiger partial charge in [-0.15, -0.1) is 0 Å². The normalized spacial score (nSPS) is 12.2. The zero-order valence-electron chi connectivity index (χ0n) is 14.6. The van der Waals surface area contributed by atoms with Gasteiger partial charge in [0.15, 0.2) is 17.3 Å². The van der Waals surface area contributed by atoms with Crippen molar-refractivity contribution in [3.05, 3.63) is 29.8 Å². The molecule has 1 aromatic rings. The summed E-state index contributed by atoms with van der Waals surface area (Å²) in [7, 11) is 1.48. The van der Waals surface area contributed by atoms with Gasteiger partial charge in [-0.25, -0.2) is 0 Å². The first kappa shape index (κ1) is 19.9. The predicted octanol–water partition coefficient (Wildman–Crippen LogP) is 3.53. The molecule has 0 aliphatic heterocycles. The van der Waals surface area contributed by atoms with Crippen molar-refractivity contribution in [3.63, 3.8) is 0 Å². The van der Waals surface area contributed by atoms with Crippen LogP contribution in [0.3, 0.4) is 0 Å². The van der Waals surface area contributed by atoms with Gasteiger partial charge in [-0.3, -0.25) is 9.59 Å². The third-order valence-electron chi connectivity index (χ3n) is 3.48. The largest absolute Gasteiger partial charge is 0.493 e. The summed E-state index contributed by atoms with van der Waals surface area (Å²) in [5, 5.41) is 9.82. The van der Waals surface area contributed by atoms with Gasteiger partial charge in [0.25, 0.3) is 0 Å². The Morgan fingerprint density at radius 3 is 2.62 bits per heavy atom. The fourth-order valence-electron chi connectivity index (χ4n) is 2.25. The van der Waals surface area contributed by atoms with E-state index in [1.54, 1.807) is 24.3 Å². The fourth-order valence-corrected chi connectivity index (χ4v) is 2.25. The highest BCUT2D eigenvalue weighted by Crippen LogP contribution is 2.28. The van der Waals surface area contributed by atoms with E-state index in [0.29, 0.717) is 17.9 Å². The highest BCUT2D eigenvalue weighted by atomic mass is 16.6. The Bertz CT molecular complexity index is 577. The molecule has 0 aliphatic rings. The van der Waals surface area contributed by atoms with Crippen molar-refractivity contribution in [3.8, 4) is 11.5 Å². The second-order valence-electron chi connectivity index (χ2n) is 5.66. The average molecular weight is 334 g/mol. The number of benzene rings is 1. The summed E-state index contributed by atoms with van der Waals surface area (Å²) in [6.07, 6.45) is 6.38. The standard InChI is InChI=1S/C19H26O5/c1-4-5-6-7-16(21)13-17(22)10-8-15-9-11-18(24-14(2)20)19(12-15)23-3/h8-12,16,21H,4-7,13H2,1-3H3/b10-8+/t16-/m0/s1. The fraction of sp³-hybridized carbons (Fsp3) is 0.474. The van der Waals surface area contributed by atoms with Gasteiger partial charge in [0, 0.05) is 13.3 Å². The second-order valence-corrected chi connectivity index (χ2v) is 5.66. The number of allylic oxidation sites excluding steroid dienone is 1. The van der Waals surface area contributed by atoms with E-state index in [0.717, 1.165) is 24.8 Å².